The molecule has 0 N–H and O–H groups in total. The second-order valence-electron chi connectivity index (χ2n) is 4.84. The molecule has 1 aliphatic carbocycles. The number of rotatable bonds is 5. The molecule has 4 nitrogen and oxygen atoms in total. The number of ketones is 1. The van der Waals surface area contributed by atoms with Gasteiger partial charge in [-0.2, -0.15) is 0 Å². The Kier molecular flexibility index (Phi) is 4.10. The van der Waals surface area contributed by atoms with Gasteiger partial charge in [0.2, 0.25) is 0 Å². The van der Waals surface area contributed by atoms with Crippen molar-refractivity contribution in [1.29, 1.82) is 0 Å². The summed E-state index contributed by atoms with van der Waals surface area (Å²) in [7, 11) is 4.76. The third-order valence-electron chi connectivity index (χ3n) is 3.83. The number of benzene rings is 1. The highest BCUT2D eigenvalue weighted by Gasteiger charge is 2.41. The fraction of sp³-hybridized carbons (Fsp3) is 0.533. The first kappa shape index (κ1) is 13.9. The molecular weight excluding hydrogens is 244 g/mol. The minimum atomic E-state index is -0.669. The van der Waals surface area contributed by atoms with Gasteiger partial charge in [0.15, 0.2) is 5.78 Å². The maximum absolute atomic E-state index is 12.7. The Balaban J connectivity index is 2.37. The van der Waals surface area contributed by atoms with Crippen molar-refractivity contribution in [2.75, 3.05) is 21.3 Å². The molecule has 19 heavy (non-hydrogen) atoms. The lowest BCUT2D eigenvalue weighted by Crippen LogP contribution is -2.37. The van der Waals surface area contributed by atoms with Gasteiger partial charge in [0.1, 0.15) is 17.1 Å². The average Bonchev–Trinajstić information content (AvgIpc) is 2.95. The number of Topliss-reactive ketones (excluding diaryl/α,β-unsaturated/α-hetero) is 1. The quantitative estimate of drug-likeness (QED) is 0.767. The minimum Gasteiger partial charge on any atom is -0.497 e. The molecule has 1 fully saturated rings. The molecule has 0 amide bonds. The lowest BCUT2D eigenvalue weighted by atomic mass is 9.91. The van der Waals surface area contributed by atoms with E-state index in [1.165, 1.54) is 0 Å². The molecular formula is C15H20O4. The molecule has 0 aliphatic heterocycles. The summed E-state index contributed by atoms with van der Waals surface area (Å²) in [5, 5.41) is 0. The van der Waals surface area contributed by atoms with Gasteiger partial charge in [0.05, 0.1) is 14.2 Å². The third-order valence-corrected chi connectivity index (χ3v) is 3.83. The molecule has 1 aliphatic rings. The van der Waals surface area contributed by atoms with Gasteiger partial charge in [-0.3, -0.25) is 4.79 Å². The summed E-state index contributed by atoms with van der Waals surface area (Å²) in [5.74, 6) is 1.25. The van der Waals surface area contributed by atoms with E-state index in [-0.39, 0.29) is 5.78 Å². The summed E-state index contributed by atoms with van der Waals surface area (Å²) in [6, 6.07) is 5.23. The molecule has 2 rings (SSSR count). The number of methoxy groups -OCH3 is 3. The predicted octanol–water partition coefficient (Wildman–Crippen LogP) is 2.85. The lowest BCUT2D eigenvalue weighted by Gasteiger charge is -2.26. The number of carbonyl (C=O) groups is 1. The van der Waals surface area contributed by atoms with Crippen molar-refractivity contribution in [2.45, 2.75) is 31.3 Å². The number of carbonyl (C=O) groups excluding carboxylic acids is 1. The summed E-state index contributed by atoms with van der Waals surface area (Å²) in [5.41, 5.74) is -0.0860. The molecule has 0 atom stereocenters. The van der Waals surface area contributed by atoms with E-state index in [9.17, 15) is 4.79 Å². The van der Waals surface area contributed by atoms with Crippen molar-refractivity contribution in [3.05, 3.63) is 23.8 Å². The van der Waals surface area contributed by atoms with Crippen molar-refractivity contribution >= 4 is 5.78 Å². The summed E-state index contributed by atoms with van der Waals surface area (Å²) >= 11 is 0. The normalized spacial score (nSPS) is 17.2. The van der Waals surface area contributed by atoms with E-state index in [1.807, 2.05) is 0 Å². The van der Waals surface area contributed by atoms with E-state index in [0.29, 0.717) is 17.1 Å². The fourth-order valence-electron chi connectivity index (χ4n) is 2.67. The lowest BCUT2D eigenvalue weighted by molar-refractivity contribution is 0.00599. The van der Waals surface area contributed by atoms with Gasteiger partial charge < -0.3 is 14.2 Å². The van der Waals surface area contributed by atoms with Crippen molar-refractivity contribution in [3.8, 4) is 11.5 Å². The number of ether oxygens (including phenoxy) is 3. The highest BCUT2D eigenvalue weighted by molar-refractivity contribution is 6.03. The van der Waals surface area contributed by atoms with Crippen molar-refractivity contribution < 1.29 is 19.0 Å². The van der Waals surface area contributed by atoms with Gasteiger partial charge in [0.25, 0.3) is 0 Å². The van der Waals surface area contributed by atoms with Gasteiger partial charge in [-0.15, -0.1) is 0 Å². The SMILES string of the molecule is COc1cc(OC)cc(C(=O)C2(OC)CCCC2)c1. The second kappa shape index (κ2) is 5.61. The van der Waals surface area contributed by atoms with Gasteiger partial charge in [-0.1, -0.05) is 0 Å². The Bertz CT molecular complexity index is 439. The Labute approximate surface area is 113 Å². The molecule has 0 saturated heterocycles. The van der Waals surface area contributed by atoms with Gasteiger partial charge in [0, 0.05) is 18.7 Å². The highest BCUT2D eigenvalue weighted by Crippen LogP contribution is 2.37. The summed E-state index contributed by atoms with van der Waals surface area (Å²) in [6.07, 6.45) is 3.62. The molecule has 0 unspecified atom stereocenters. The number of hydrogen-bond acceptors (Lipinski definition) is 4. The molecule has 104 valence electrons. The zero-order valence-corrected chi connectivity index (χ0v) is 11.7. The highest BCUT2D eigenvalue weighted by atomic mass is 16.5. The van der Waals surface area contributed by atoms with Crippen molar-refractivity contribution in [2.24, 2.45) is 0 Å². The van der Waals surface area contributed by atoms with Crippen LogP contribution in [0.1, 0.15) is 36.0 Å². The Hall–Kier alpha value is -1.55. The van der Waals surface area contributed by atoms with E-state index >= 15 is 0 Å². The van der Waals surface area contributed by atoms with Crippen LogP contribution in [-0.4, -0.2) is 32.7 Å². The monoisotopic (exact) mass is 264 g/mol. The predicted molar refractivity (Wildman–Crippen MR) is 72.1 cm³/mol. The van der Waals surface area contributed by atoms with Crippen LogP contribution < -0.4 is 9.47 Å². The molecule has 0 radical (unpaired) electrons. The van der Waals surface area contributed by atoms with E-state index in [0.717, 1.165) is 25.7 Å². The van der Waals surface area contributed by atoms with Crippen LogP contribution in [0.15, 0.2) is 18.2 Å². The van der Waals surface area contributed by atoms with Crippen molar-refractivity contribution in [3.63, 3.8) is 0 Å². The first-order valence-electron chi connectivity index (χ1n) is 6.48. The van der Waals surface area contributed by atoms with Gasteiger partial charge >= 0.3 is 0 Å². The fourth-order valence-corrected chi connectivity index (χ4v) is 2.67. The summed E-state index contributed by atoms with van der Waals surface area (Å²) in [6.45, 7) is 0. The Morgan fingerprint density at radius 3 is 1.95 bits per heavy atom. The smallest absolute Gasteiger partial charge is 0.194 e. The van der Waals surface area contributed by atoms with Crippen LogP contribution in [0.5, 0.6) is 11.5 Å². The molecule has 0 heterocycles. The molecule has 1 saturated carbocycles. The first-order valence-corrected chi connectivity index (χ1v) is 6.48. The molecule has 4 heteroatoms. The van der Waals surface area contributed by atoms with Gasteiger partial charge in [-0.05, 0) is 37.8 Å². The molecule has 1 aromatic carbocycles. The summed E-state index contributed by atoms with van der Waals surface area (Å²) < 4.78 is 15.9. The van der Waals surface area contributed by atoms with Crippen LogP contribution in [0, 0.1) is 0 Å². The van der Waals surface area contributed by atoms with E-state index < -0.39 is 5.60 Å². The van der Waals surface area contributed by atoms with Crippen LogP contribution in [-0.2, 0) is 4.74 Å². The third kappa shape index (κ3) is 2.59. The van der Waals surface area contributed by atoms with E-state index in [2.05, 4.69) is 0 Å². The molecule has 0 aromatic heterocycles. The average molecular weight is 264 g/mol. The summed E-state index contributed by atoms with van der Waals surface area (Å²) in [4.78, 5) is 12.7. The maximum atomic E-state index is 12.7. The maximum Gasteiger partial charge on any atom is 0.194 e. The molecule has 0 spiro atoms. The zero-order chi connectivity index (χ0) is 13.9. The van der Waals surface area contributed by atoms with Crippen molar-refractivity contribution in [1.82, 2.24) is 0 Å². The molecule has 1 aromatic rings. The standard InChI is InChI=1S/C15H20O4/c1-17-12-8-11(9-13(10-12)18-2)14(16)15(19-3)6-4-5-7-15/h8-10H,4-7H2,1-3H3. The molecule has 0 bridgehead atoms. The number of hydrogen-bond donors (Lipinski definition) is 0. The Morgan fingerprint density at radius 1 is 1.00 bits per heavy atom. The van der Waals surface area contributed by atoms with Crippen LogP contribution >= 0.6 is 0 Å². The van der Waals surface area contributed by atoms with Crippen LogP contribution in [0.25, 0.3) is 0 Å². The topological polar surface area (TPSA) is 44.8 Å². The minimum absolute atomic E-state index is 0.0182. The van der Waals surface area contributed by atoms with Crippen LogP contribution in [0.2, 0.25) is 0 Å². The van der Waals surface area contributed by atoms with Crippen LogP contribution in [0.4, 0.5) is 0 Å². The van der Waals surface area contributed by atoms with Gasteiger partial charge in [-0.25, -0.2) is 0 Å². The Morgan fingerprint density at radius 2 is 1.53 bits per heavy atom. The van der Waals surface area contributed by atoms with E-state index in [1.54, 1.807) is 39.5 Å². The zero-order valence-electron chi connectivity index (χ0n) is 11.7. The van der Waals surface area contributed by atoms with Crippen LogP contribution in [0.3, 0.4) is 0 Å². The first-order chi connectivity index (χ1) is 9.15. The largest absolute Gasteiger partial charge is 0.497 e. The second-order valence-corrected chi connectivity index (χ2v) is 4.84. The van der Waals surface area contributed by atoms with E-state index in [4.69, 9.17) is 14.2 Å².